The molecule has 0 bridgehead atoms. The van der Waals surface area contributed by atoms with Gasteiger partial charge in [0, 0.05) is 32.7 Å². The number of nitrogens with zero attached hydrogens (tertiary/aromatic N) is 1. The summed E-state index contributed by atoms with van der Waals surface area (Å²) in [6.45, 7) is 5.47. The quantitative estimate of drug-likeness (QED) is 0.712. The second kappa shape index (κ2) is 6.51. The summed E-state index contributed by atoms with van der Waals surface area (Å²) in [4.78, 5) is 2.37. The summed E-state index contributed by atoms with van der Waals surface area (Å²) in [5, 5.41) is 8.79. The monoisotopic (exact) mass is 231 g/mol. The summed E-state index contributed by atoms with van der Waals surface area (Å²) >= 11 is 0. The summed E-state index contributed by atoms with van der Waals surface area (Å²) < 4.78 is 16.5. The first-order valence-corrected chi connectivity index (χ1v) is 6.06. The Kier molecular flexibility index (Phi) is 4.99. The predicted molar refractivity (Wildman–Crippen MR) is 58.2 cm³/mol. The minimum Gasteiger partial charge on any atom is -0.396 e. The Morgan fingerprint density at radius 3 is 2.75 bits per heavy atom. The van der Waals surface area contributed by atoms with Gasteiger partial charge in [-0.3, -0.25) is 4.90 Å². The van der Waals surface area contributed by atoms with Crippen LogP contribution in [0.4, 0.5) is 0 Å². The normalized spacial score (nSPS) is 32.1. The zero-order chi connectivity index (χ0) is 11.2. The smallest absolute Gasteiger partial charge is 0.159 e. The summed E-state index contributed by atoms with van der Waals surface area (Å²) in [5.41, 5.74) is 0. The van der Waals surface area contributed by atoms with Crippen molar-refractivity contribution >= 4 is 0 Å². The van der Waals surface area contributed by atoms with Gasteiger partial charge >= 0.3 is 0 Å². The number of rotatable bonds is 5. The number of hydrogen-bond donors (Lipinski definition) is 1. The maximum Gasteiger partial charge on any atom is 0.159 e. The number of aliphatic hydroxyl groups is 1. The molecular weight excluding hydrogens is 210 g/mol. The Morgan fingerprint density at radius 1 is 1.19 bits per heavy atom. The molecule has 2 aliphatic rings. The van der Waals surface area contributed by atoms with Crippen LogP contribution in [0.15, 0.2) is 0 Å². The van der Waals surface area contributed by atoms with E-state index >= 15 is 0 Å². The second-order valence-electron chi connectivity index (χ2n) is 4.28. The Balaban J connectivity index is 1.59. The van der Waals surface area contributed by atoms with Gasteiger partial charge in [0.05, 0.1) is 25.9 Å². The van der Waals surface area contributed by atoms with E-state index < -0.39 is 0 Å². The van der Waals surface area contributed by atoms with Crippen molar-refractivity contribution < 1.29 is 19.3 Å². The molecule has 0 spiro atoms. The molecule has 16 heavy (non-hydrogen) atoms. The van der Waals surface area contributed by atoms with Crippen molar-refractivity contribution in [1.29, 1.82) is 0 Å². The minimum atomic E-state index is -0.0839. The Morgan fingerprint density at radius 2 is 2.00 bits per heavy atom. The van der Waals surface area contributed by atoms with Crippen molar-refractivity contribution in [2.45, 2.75) is 25.2 Å². The highest BCUT2D eigenvalue weighted by atomic mass is 16.7. The van der Waals surface area contributed by atoms with E-state index in [2.05, 4.69) is 4.90 Å². The van der Waals surface area contributed by atoms with E-state index in [0.29, 0.717) is 13.0 Å². The van der Waals surface area contributed by atoms with Crippen LogP contribution in [-0.4, -0.2) is 68.5 Å². The Hall–Kier alpha value is -0.200. The van der Waals surface area contributed by atoms with Crippen molar-refractivity contribution in [3.05, 3.63) is 0 Å². The molecule has 0 aromatic heterocycles. The first kappa shape index (κ1) is 12.3. The maximum atomic E-state index is 8.79. The molecule has 0 amide bonds. The van der Waals surface area contributed by atoms with E-state index in [9.17, 15) is 0 Å². The third-order valence-corrected chi connectivity index (χ3v) is 3.05. The van der Waals surface area contributed by atoms with E-state index in [1.807, 2.05) is 0 Å². The van der Waals surface area contributed by atoms with Gasteiger partial charge < -0.3 is 19.3 Å². The van der Waals surface area contributed by atoms with Crippen molar-refractivity contribution in [2.24, 2.45) is 0 Å². The standard InChI is InChI=1S/C11H21NO4/c13-6-2-10-9-15-11(16-10)1-3-12-4-7-14-8-5-12/h10-11,13H,1-9H2. The number of hydrogen-bond acceptors (Lipinski definition) is 5. The lowest BCUT2D eigenvalue weighted by Crippen LogP contribution is -2.38. The van der Waals surface area contributed by atoms with Crippen molar-refractivity contribution in [3.8, 4) is 0 Å². The van der Waals surface area contributed by atoms with Gasteiger partial charge in [0.25, 0.3) is 0 Å². The molecule has 0 aromatic carbocycles. The maximum absolute atomic E-state index is 8.79. The molecule has 2 saturated heterocycles. The largest absolute Gasteiger partial charge is 0.396 e. The molecule has 2 fully saturated rings. The zero-order valence-electron chi connectivity index (χ0n) is 9.64. The molecule has 1 N–H and O–H groups in total. The second-order valence-corrected chi connectivity index (χ2v) is 4.28. The van der Waals surface area contributed by atoms with E-state index in [-0.39, 0.29) is 19.0 Å². The number of aliphatic hydroxyl groups excluding tert-OH is 1. The molecule has 94 valence electrons. The number of ether oxygens (including phenoxy) is 3. The molecule has 0 saturated carbocycles. The first-order chi connectivity index (χ1) is 7.88. The van der Waals surface area contributed by atoms with Crippen molar-refractivity contribution in [1.82, 2.24) is 4.90 Å². The molecule has 5 heteroatoms. The SMILES string of the molecule is OCCC1COC(CCN2CCOCC2)O1. The van der Waals surface area contributed by atoms with Crippen LogP contribution in [-0.2, 0) is 14.2 Å². The molecule has 2 unspecified atom stereocenters. The molecule has 0 aliphatic carbocycles. The van der Waals surface area contributed by atoms with Crippen LogP contribution in [0, 0.1) is 0 Å². The van der Waals surface area contributed by atoms with Gasteiger partial charge in [0.1, 0.15) is 0 Å². The zero-order valence-corrected chi connectivity index (χ0v) is 9.64. The van der Waals surface area contributed by atoms with Gasteiger partial charge in [-0.05, 0) is 6.42 Å². The summed E-state index contributed by atoms with van der Waals surface area (Å²) in [7, 11) is 0. The number of morpholine rings is 1. The Labute approximate surface area is 96.3 Å². The fraction of sp³-hybridized carbons (Fsp3) is 1.00. The lowest BCUT2D eigenvalue weighted by Gasteiger charge is -2.27. The molecule has 0 radical (unpaired) electrons. The molecule has 2 rings (SSSR count). The van der Waals surface area contributed by atoms with Crippen LogP contribution < -0.4 is 0 Å². The van der Waals surface area contributed by atoms with Gasteiger partial charge in [0.2, 0.25) is 0 Å². The summed E-state index contributed by atoms with van der Waals surface area (Å²) in [6, 6.07) is 0. The van der Waals surface area contributed by atoms with Crippen LogP contribution >= 0.6 is 0 Å². The van der Waals surface area contributed by atoms with Gasteiger partial charge in [-0.15, -0.1) is 0 Å². The highest BCUT2D eigenvalue weighted by Crippen LogP contribution is 2.17. The predicted octanol–water partition coefficient (Wildman–Crippen LogP) is -0.167. The van der Waals surface area contributed by atoms with Crippen LogP contribution in [0.3, 0.4) is 0 Å². The third-order valence-electron chi connectivity index (χ3n) is 3.05. The van der Waals surface area contributed by atoms with Gasteiger partial charge in [-0.25, -0.2) is 0 Å². The fourth-order valence-corrected chi connectivity index (χ4v) is 2.07. The van der Waals surface area contributed by atoms with Crippen LogP contribution in [0.25, 0.3) is 0 Å². The minimum absolute atomic E-state index is 0.0830. The molecule has 5 nitrogen and oxygen atoms in total. The summed E-state index contributed by atoms with van der Waals surface area (Å²) in [6.07, 6.45) is 1.58. The van der Waals surface area contributed by atoms with Crippen molar-refractivity contribution in [2.75, 3.05) is 46.1 Å². The van der Waals surface area contributed by atoms with Gasteiger partial charge in [-0.1, -0.05) is 0 Å². The van der Waals surface area contributed by atoms with E-state index in [0.717, 1.165) is 39.3 Å². The van der Waals surface area contributed by atoms with Gasteiger partial charge in [0.15, 0.2) is 6.29 Å². The molecular formula is C11H21NO4. The van der Waals surface area contributed by atoms with E-state index in [1.54, 1.807) is 0 Å². The first-order valence-electron chi connectivity index (χ1n) is 6.06. The average Bonchev–Trinajstić information content (AvgIpc) is 2.76. The van der Waals surface area contributed by atoms with Crippen LogP contribution in [0.5, 0.6) is 0 Å². The van der Waals surface area contributed by atoms with E-state index in [4.69, 9.17) is 19.3 Å². The molecule has 2 aliphatic heterocycles. The molecule has 2 heterocycles. The van der Waals surface area contributed by atoms with Crippen LogP contribution in [0.2, 0.25) is 0 Å². The lowest BCUT2D eigenvalue weighted by atomic mass is 10.3. The summed E-state index contributed by atoms with van der Waals surface area (Å²) in [5.74, 6) is 0. The fourth-order valence-electron chi connectivity index (χ4n) is 2.07. The topological polar surface area (TPSA) is 51.2 Å². The van der Waals surface area contributed by atoms with Gasteiger partial charge in [-0.2, -0.15) is 0 Å². The molecule has 0 aromatic rings. The van der Waals surface area contributed by atoms with Crippen LogP contribution in [0.1, 0.15) is 12.8 Å². The highest BCUT2D eigenvalue weighted by molar-refractivity contribution is 4.68. The van der Waals surface area contributed by atoms with Crippen molar-refractivity contribution in [3.63, 3.8) is 0 Å². The molecule has 2 atom stereocenters. The Bertz CT molecular complexity index is 196. The third kappa shape index (κ3) is 3.68. The van der Waals surface area contributed by atoms with E-state index in [1.165, 1.54) is 0 Å². The highest BCUT2D eigenvalue weighted by Gasteiger charge is 2.25. The average molecular weight is 231 g/mol. The lowest BCUT2D eigenvalue weighted by molar-refractivity contribution is -0.0723.